The molecule has 1 heterocycles. The number of amides is 1. The first kappa shape index (κ1) is 13.0. The summed E-state index contributed by atoms with van der Waals surface area (Å²) in [7, 11) is 1.25. The van der Waals surface area contributed by atoms with Crippen molar-refractivity contribution in [2.24, 2.45) is 0 Å². The van der Waals surface area contributed by atoms with Gasteiger partial charge in [-0.2, -0.15) is 0 Å². The van der Waals surface area contributed by atoms with E-state index in [1.807, 2.05) is 0 Å². The lowest BCUT2D eigenvalue weighted by molar-refractivity contribution is -0.141. The number of aromatic nitrogens is 1. The summed E-state index contributed by atoms with van der Waals surface area (Å²) in [5, 5.41) is 9.49. The molecule has 1 aromatic heterocycles. The van der Waals surface area contributed by atoms with Gasteiger partial charge in [-0.05, 0) is 13.0 Å². The molecular weight excluding hydrogens is 224 g/mol. The molecule has 17 heavy (non-hydrogen) atoms. The van der Waals surface area contributed by atoms with E-state index >= 15 is 0 Å². The second-order valence-electron chi connectivity index (χ2n) is 3.29. The van der Waals surface area contributed by atoms with Crippen molar-refractivity contribution >= 4 is 11.9 Å². The SMILES string of the molecule is CCN(CC(=O)OC)C(=O)c1ccncc1O. The molecule has 0 atom stereocenters. The quantitative estimate of drug-likeness (QED) is 0.769. The minimum atomic E-state index is -0.506. The van der Waals surface area contributed by atoms with Crippen LogP contribution < -0.4 is 0 Å². The van der Waals surface area contributed by atoms with Gasteiger partial charge in [0.05, 0.1) is 18.9 Å². The molecule has 92 valence electrons. The summed E-state index contributed by atoms with van der Waals surface area (Å²) in [4.78, 5) is 28.0. The van der Waals surface area contributed by atoms with Crippen molar-refractivity contribution in [3.05, 3.63) is 24.0 Å². The number of likely N-dealkylation sites (N-methyl/N-ethyl adjacent to an activating group) is 1. The lowest BCUT2D eigenvalue weighted by Gasteiger charge is -2.19. The molecule has 0 aliphatic rings. The summed E-state index contributed by atoms with van der Waals surface area (Å²) in [6.07, 6.45) is 2.58. The van der Waals surface area contributed by atoms with Crippen LogP contribution in [0.4, 0.5) is 0 Å². The van der Waals surface area contributed by atoms with E-state index in [0.717, 1.165) is 0 Å². The highest BCUT2D eigenvalue weighted by molar-refractivity contribution is 5.98. The van der Waals surface area contributed by atoms with E-state index in [1.54, 1.807) is 6.92 Å². The van der Waals surface area contributed by atoms with E-state index in [0.29, 0.717) is 6.54 Å². The average Bonchev–Trinajstić information content (AvgIpc) is 2.35. The van der Waals surface area contributed by atoms with Crippen LogP contribution in [0, 0.1) is 0 Å². The van der Waals surface area contributed by atoms with Crippen LogP contribution in [-0.2, 0) is 9.53 Å². The van der Waals surface area contributed by atoms with E-state index in [1.165, 1.54) is 30.5 Å². The van der Waals surface area contributed by atoms with Crippen LogP contribution in [0.5, 0.6) is 5.75 Å². The number of carbonyl (C=O) groups excluding carboxylic acids is 2. The fraction of sp³-hybridized carbons (Fsp3) is 0.364. The van der Waals surface area contributed by atoms with E-state index in [2.05, 4.69) is 9.72 Å². The van der Waals surface area contributed by atoms with E-state index < -0.39 is 11.9 Å². The van der Waals surface area contributed by atoms with Crippen LogP contribution in [0.1, 0.15) is 17.3 Å². The zero-order chi connectivity index (χ0) is 12.8. The van der Waals surface area contributed by atoms with Crippen molar-refractivity contribution in [1.29, 1.82) is 0 Å². The van der Waals surface area contributed by atoms with Gasteiger partial charge in [-0.15, -0.1) is 0 Å². The fourth-order valence-electron chi connectivity index (χ4n) is 1.28. The molecule has 0 unspecified atom stereocenters. The standard InChI is InChI=1S/C11H14N2O4/c1-3-13(7-10(15)17-2)11(16)8-4-5-12-6-9(8)14/h4-6,14H,3,7H2,1-2H3. The summed E-state index contributed by atoms with van der Waals surface area (Å²) in [6, 6.07) is 1.40. The second kappa shape index (κ2) is 5.83. The first-order chi connectivity index (χ1) is 8.10. The van der Waals surface area contributed by atoms with Gasteiger partial charge in [0.15, 0.2) is 0 Å². The third-order valence-electron chi connectivity index (χ3n) is 2.25. The molecule has 1 N–H and O–H groups in total. The first-order valence-electron chi connectivity index (χ1n) is 5.09. The second-order valence-corrected chi connectivity index (χ2v) is 3.29. The lowest BCUT2D eigenvalue weighted by atomic mass is 10.2. The highest BCUT2D eigenvalue weighted by Gasteiger charge is 2.20. The molecule has 0 radical (unpaired) electrons. The molecule has 0 fully saturated rings. The number of aromatic hydroxyl groups is 1. The molecule has 6 heteroatoms. The Balaban J connectivity index is 2.87. The molecule has 1 rings (SSSR count). The van der Waals surface area contributed by atoms with Gasteiger partial charge in [-0.3, -0.25) is 14.6 Å². The van der Waals surface area contributed by atoms with Crippen molar-refractivity contribution in [2.45, 2.75) is 6.92 Å². The normalized spacial score (nSPS) is 9.76. The van der Waals surface area contributed by atoms with Crippen molar-refractivity contribution in [3.63, 3.8) is 0 Å². The van der Waals surface area contributed by atoms with Gasteiger partial charge in [-0.25, -0.2) is 0 Å². The molecule has 1 aromatic rings. The molecule has 0 aliphatic heterocycles. The number of carbonyl (C=O) groups is 2. The Hall–Kier alpha value is -2.11. The fourth-order valence-corrected chi connectivity index (χ4v) is 1.28. The Labute approximate surface area is 98.8 Å². The zero-order valence-corrected chi connectivity index (χ0v) is 9.71. The van der Waals surface area contributed by atoms with Gasteiger partial charge in [0.2, 0.25) is 0 Å². The van der Waals surface area contributed by atoms with E-state index in [4.69, 9.17) is 0 Å². The van der Waals surface area contributed by atoms with Crippen LogP contribution in [0.15, 0.2) is 18.5 Å². The summed E-state index contributed by atoms with van der Waals surface area (Å²) in [5.74, 6) is -1.15. The van der Waals surface area contributed by atoms with Gasteiger partial charge in [0.25, 0.3) is 5.91 Å². The van der Waals surface area contributed by atoms with Crippen LogP contribution in [-0.4, -0.2) is 47.1 Å². The first-order valence-corrected chi connectivity index (χ1v) is 5.09. The summed E-state index contributed by atoms with van der Waals surface area (Å²) in [6.45, 7) is 1.93. The Bertz CT molecular complexity index is 420. The van der Waals surface area contributed by atoms with Crippen LogP contribution in [0.2, 0.25) is 0 Å². The number of pyridine rings is 1. The molecule has 1 amide bonds. The lowest BCUT2D eigenvalue weighted by Crippen LogP contribution is -2.36. The third kappa shape index (κ3) is 3.17. The largest absolute Gasteiger partial charge is 0.505 e. The maximum Gasteiger partial charge on any atom is 0.325 e. The van der Waals surface area contributed by atoms with E-state index in [-0.39, 0.29) is 17.9 Å². The Morgan fingerprint density at radius 1 is 1.53 bits per heavy atom. The average molecular weight is 238 g/mol. The maximum absolute atomic E-state index is 12.0. The minimum absolute atomic E-state index is 0.116. The van der Waals surface area contributed by atoms with Crippen LogP contribution in [0.3, 0.4) is 0 Å². The monoisotopic (exact) mass is 238 g/mol. The molecule has 0 saturated carbocycles. The Kier molecular flexibility index (Phi) is 4.45. The zero-order valence-electron chi connectivity index (χ0n) is 9.71. The Morgan fingerprint density at radius 3 is 2.76 bits per heavy atom. The predicted molar refractivity (Wildman–Crippen MR) is 59.5 cm³/mol. The van der Waals surface area contributed by atoms with Crippen LogP contribution >= 0.6 is 0 Å². The number of ether oxygens (including phenoxy) is 1. The van der Waals surface area contributed by atoms with Gasteiger partial charge in [-0.1, -0.05) is 0 Å². The molecule has 0 aliphatic carbocycles. The molecular formula is C11H14N2O4. The molecule has 6 nitrogen and oxygen atoms in total. The molecule has 0 spiro atoms. The highest BCUT2D eigenvalue weighted by atomic mass is 16.5. The molecule has 0 saturated heterocycles. The van der Waals surface area contributed by atoms with E-state index in [9.17, 15) is 14.7 Å². The Morgan fingerprint density at radius 2 is 2.24 bits per heavy atom. The topological polar surface area (TPSA) is 79.7 Å². The molecule has 0 bridgehead atoms. The summed E-state index contributed by atoms with van der Waals surface area (Å²) >= 11 is 0. The molecule has 0 aromatic carbocycles. The smallest absolute Gasteiger partial charge is 0.325 e. The van der Waals surface area contributed by atoms with Crippen molar-refractivity contribution in [2.75, 3.05) is 20.2 Å². The predicted octanol–water partition coefficient (Wildman–Crippen LogP) is 0.422. The number of hydrogen-bond acceptors (Lipinski definition) is 5. The van der Waals surface area contributed by atoms with Gasteiger partial charge < -0.3 is 14.7 Å². The van der Waals surface area contributed by atoms with Gasteiger partial charge >= 0.3 is 5.97 Å². The summed E-state index contributed by atoms with van der Waals surface area (Å²) in [5.41, 5.74) is 0.116. The number of methoxy groups -OCH3 is 1. The maximum atomic E-state index is 12.0. The number of rotatable bonds is 4. The highest BCUT2D eigenvalue weighted by Crippen LogP contribution is 2.16. The van der Waals surface area contributed by atoms with Crippen molar-refractivity contribution in [3.8, 4) is 5.75 Å². The van der Waals surface area contributed by atoms with Crippen molar-refractivity contribution < 1.29 is 19.4 Å². The minimum Gasteiger partial charge on any atom is -0.505 e. The van der Waals surface area contributed by atoms with Crippen LogP contribution in [0.25, 0.3) is 0 Å². The van der Waals surface area contributed by atoms with Crippen molar-refractivity contribution in [1.82, 2.24) is 9.88 Å². The van der Waals surface area contributed by atoms with Gasteiger partial charge in [0, 0.05) is 12.7 Å². The summed E-state index contributed by atoms with van der Waals surface area (Å²) < 4.78 is 4.49. The number of esters is 1. The van der Waals surface area contributed by atoms with Gasteiger partial charge in [0.1, 0.15) is 12.3 Å². The third-order valence-corrected chi connectivity index (χ3v) is 2.25. The number of nitrogens with zero attached hydrogens (tertiary/aromatic N) is 2. The number of hydrogen-bond donors (Lipinski definition) is 1.